The summed E-state index contributed by atoms with van der Waals surface area (Å²) in [6.07, 6.45) is 1.60. The van der Waals surface area contributed by atoms with Crippen LogP contribution >= 0.6 is 15.9 Å². The molecule has 0 fully saturated rings. The molecule has 0 aliphatic rings. The van der Waals surface area contributed by atoms with Crippen molar-refractivity contribution in [2.24, 2.45) is 5.10 Å². The number of rotatable bonds is 7. The van der Waals surface area contributed by atoms with Crippen molar-refractivity contribution >= 4 is 28.1 Å². The molecule has 0 atom stereocenters. The molecular weight excluding hydrogens is 478 g/mol. The standard InChI is InChI=1S/C27H24BrN3O2/c1-19-9-10-20(2)31(19)25-13-11-23(12-14-25)27(32)30-29-17-21-5-4-8-26(16-21)33-18-22-6-3-7-24(28)15-22/h3-17H,18H2,1-2H3,(H,30,32). The number of aryl methyl sites for hydroxylation is 2. The Morgan fingerprint density at radius 2 is 1.70 bits per heavy atom. The van der Waals surface area contributed by atoms with Gasteiger partial charge in [-0.15, -0.1) is 0 Å². The van der Waals surface area contributed by atoms with Crippen molar-refractivity contribution < 1.29 is 9.53 Å². The molecule has 4 aromatic rings. The third-order valence-electron chi connectivity index (χ3n) is 5.19. The lowest BCUT2D eigenvalue weighted by atomic mass is 10.2. The number of amides is 1. The van der Waals surface area contributed by atoms with Gasteiger partial charge < -0.3 is 9.30 Å². The molecule has 0 saturated heterocycles. The maximum atomic E-state index is 12.5. The zero-order chi connectivity index (χ0) is 23.2. The second kappa shape index (κ2) is 10.3. The second-order valence-electron chi connectivity index (χ2n) is 7.69. The molecule has 1 amide bonds. The van der Waals surface area contributed by atoms with E-state index in [1.807, 2.05) is 60.7 Å². The van der Waals surface area contributed by atoms with E-state index in [0.29, 0.717) is 12.2 Å². The molecule has 0 radical (unpaired) electrons. The summed E-state index contributed by atoms with van der Waals surface area (Å²) in [6, 6.07) is 27.2. The van der Waals surface area contributed by atoms with Gasteiger partial charge in [-0.05, 0) is 85.6 Å². The van der Waals surface area contributed by atoms with E-state index in [4.69, 9.17) is 4.74 Å². The predicted octanol–water partition coefficient (Wildman–Crippen LogP) is 6.20. The maximum Gasteiger partial charge on any atom is 0.271 e. The highest BCUT2D eigenvalue weighted by Gasteiger charge is 2.07. The normalized spacial score (nSPS) is 11.0. The summed E-state index contributed by atoms with van der Waals surface area (Å²) < 4.78 is 9.03. The van der Waals surface area contributed by atoms with Crippen molar-refractivity contribution in [3.8, 4) is 11.4 Å². The van der Waals surface area contributed by atoms with Crippen molar-refractivity contribution in [3.05, 3.63) is 117 Å². The summed E-state index contributed by atoms with van der Waals surface area (Å²) in [7, 11) is 0. The van der Waals surface area contributed by atoms with E-state index >= 15 is 0 Å². The quantitative estimate of drug-likeness (QED) is 0.242. The van der Waals surface area contributed by atoms with Gasteiger partial charge in [0, 0.05) is 27.1 Å². The van der Waals surface area contributed by atoms with Crippen LogP contribution in [0.25, 0.3) is 5.69 Å². The first-order valence-electron chi connectivity index (χ1n) is 10.6. The van der Waals surface area contributed by atoms with Gasteiger partial charge >= 0.3 is 0 Å². The average Bonchev–Trinajstić information content (AvgIpc) is 3.16. The molecule has 0 aliphatic heterocycles. The fraction of sp³-hybridized carbons (Fsp3) is 0.111. The maximum absolute atomic E-state index is 12.5. The Morgan fingerprint density at radius 3 is 2.42 bits per heavy atom. The average molecular weight is 502 g/mol. The Morgan fingerprint density at radius 1 is 0.970 bits per heavy atom. The van der Waals surface area contributed by atoms with E-state index < -0.39 is 0 Å². The molecule has 166 valence electrons. The summed E-state index contributed by atoms with van der Waals surface area (Å²) in [5.74, 6) is 0.470. The summed E-state index contributed by atoms with van der Waals surface area (Å²) in [5.41, 5.74) is 8.36. The zero-order valence-corrected chi connectivity index (χ0v) is 20.0. The number of hydrogen-bond donors (Lipinski definition) is 1. The van der Waals surface area contributed by atoms with Gasteiger partial charge in [0.15, 0.2) is 0 Å². The molecule has 0 aliphatic carbocycles. The first-order chi connectivity index (χ1) is 16.0. The molecule has 1 heterocycles. The molecule has 0 saturated carbocycles. The van der Waals surface area contributed by atoms with Gasteiger partial charge in [-0.3, -0.25) is 4.79 Å². The van der Waals surface area contributed by atoms with Gasteiger partial charge in [0.05, 0.1) is 6.21 Å². The minimum atomic E-state index is -0.263. The summed E-state index contributed by atoms with van der Waals surface area (Å²) in [6.45, 7) is 4.58. The number of hydrogen-bond acceptors (Lipinski definition) is 3. The third-order valence-corrected chi connectivity index (χ3v) is 5.68. The van der Waals surface area contributed by atoms with Crippen LogP contribution in [0.4, 0.5) is 0 Å². The Hall–Kier alpha value is -3.64. The van der Waals surface area contributed by atoms with Crippen LogP contribution in [0.1, 0.15) is 32.9 Å². The van der Waals surface area contributed by atoms with Crippen molar-refractivity contribution in [3.63, 3.8) is 0 Å². The lowest BCUT2D eigenvalue weighted by Gasteiger charge is -2.10. The monoisotopic (exact) mass is 501 g/mol. The molecule has 0 unspecified atom stereocenters. The number of aromatic nitrogens is 1. The SMILES string of the molecule is Cc1ccc(C)n1-c1ccc(C(=O)NN=Cc2cccc(OCc3cccc(Br)c3)c2)cc1. The van der Waals surface area contributed by atoms with Gasteiger partial charge in [0.1, 0.15) is 12.4 Å². The van der Waals surface area contributed by atoms with Crippen molar-refractivity contribution in [2.75, 3.05) is 0 Å². The van der Waals surface area contributed by atoms with Gasteiger partial charge in [-0.25, -0.2) is 5.43 Å². The van der Waals surface area contributed by atoms with E-state index in [1.165, 1.54) is 0 Å². The van der Waals surface area contributed by atoms with Gasteiger partial charge in [0.2, 0.25) is 0 Å². The third kappa shape index (κ3) is 5.79. The molecular formula is C27H24BrN3O2. The summed E-state index contributed by atoms with van der Waals surface area (Å²) in [5, 5.41) is 4.10. The van der Waals surface area contributed by atoms with Crippen LogP contribution in [-0.2, 0) is 6.61 Å². The van der Waals surface area contributed by atoms with E-state index in [1.54, 1.807) is 18.3 Å². The number of ether oxygens (including phenoxy) is 1. The number of nitrogens with one attached hydrogen (secondary N) is 1. The van der Waals surface area contributed by atoms with Crippen molar-refractivity contribution in [1.29, 1.82) is 0 Å². The van der Waals surface area contributed by atoms with E-state index in [2.05, 4.69) is 57.0 Å². The number of nitrogens with zero attached hydrogens (tertiary/aromatic N) is 2. The number of benzene rings is 3. The topological polar surface area (TPSA) is 55.6 Å². The van der Waals surface area contributed by atoms with E-state index in [0.717, 1.165) is 38.4 Å². The van der Waals surface area contributed by atoms with Crippen LogP contribution in [0.2, 0.25) is 0 Å². The van der Waals surface area contributed by atoms with Crippen LogP contribution in [0.5, 0.6) is 5.75 Å². The zero-order valence-electron chi connectivity index (χ0n) is 18.5. The Bertz CT molecular complexity index is 1270. The Labute approximate surface area is 201 Å². The highest BCUT2D eigenvalue weighted by Crippen LogP contribution is 2.18. The Balaban J connectivity index is 1.35. The molecule has 3 aromatic carbocycles. The number of hydrazone groups is 1. The van der Waals surface area contributed by atoms with Crippen LogP contribution in [0.3, 0.4) is 0 Å². The highest BCUT2D eigenvalue weighted by molar-refractivity contribution is 9.10. The van der Waals surface area contributed by atoms with Crippen LogP contribution < -0.4 is 10.2 Å². The smallest absolute Gasteiger partial charge is 0.271 e. The van der Waals surface area contributed by atoms with Gasteiger partial charge in [-0.1, -0.05) is 40.2 Å². The molecule has 33 heavy (non-hydrogen) atoms. The minimum Gasteiger partial charge on any atom is -0.489 e. The predicted molar refractivity (Wildman–Crippen MR) is 135 cm³/mol. The molecule has 6 heteroatoms. The number of carbonyl (C=O) groups is 1. The minimum absolute atomic E-state index is 0.263. The molecule has 0 bridgehead atoms. The van der Waals surface area contributed by atoms with Gasteiger partial charge in [-0.2, -0.15) is 5.10 Å². The van der Waals surface area contributed by atoms with E-state index in [-0.39, 0.29) is 5.91 Å². The number of carbonyl (C=O) groups excluding carboxylic acids is 1. The molecule has 1 aromatic heterocycles. The van der Waals surface area contributed by atoms with E-state index in [9.17, 15) is 4.79 Å². The lowest BCUT2D eigenvalue weighted by Crippen LogP contribution is -2.17. The fourth-order valence-corrected chi connectivity index (χ4v) is 3.99. The van der Waals surface area contributed by atoms with Gasteiger partial charge in [0.25, 0.3) is 5.91 Å². The number of halogens is 1. The van der Waals surface area contributed by atoms with Crippen LogP contribution in [-0.4, -0.2) is 16.7 Å². The van der Waals surface area contributed by atoms with Crippen molar-refractivity contribution in [1.82, 2.24) is 9.99 Å². The molecule has 1 N–H and O–H groups in total. The first kappa shape index (κ1) is 22.6. The largest absolute Gasteiger partial charge is 0.489 e. The summed E-state index contributed by atoms with van der Waals surface area (Å²) in [4.78, 5) is 12.5. The van der Waals surface area contributed by atoms with Crippen molar-refractivity contribution in [2.45, 2.75) is 20.5 Å². The second-order valence-corrected chi connectivity index (χ2v) is 8.60. The van der Waals surface area contributed by atoms with Crippen LogP contribution in [0, 0.1) is 13.8 Å². The molecule has 0 spiro atoms. The van der Waals surface area contributed by atoms with Crippen LogP contribution in [0.15, 0.2) is 94.5 Å². The highest BCUT2D eigenvalue weighted by atomic mass is 79.9. The fourth-order valence-electron chi connectivity index (χ4n) is 3.55. The lowest BCUT2D eigenvalue weighted by molar-refractivity contribution is 0.0955. The molecule has 5 nitrogen and oxygen atoms in total. The summed E-state index contributed by atoms with van der Waals surface area (Å²) >= 11 is 3.47. The first-order valence-corrected chi connectivity index (χ1v) is 11.3. The molecule has 4 rings (SSSR count). The Kier molecular flexibility index (Phi) is 7.05.